The van der Waals surface area contributed by atoms with Crippen LogP contribution in [-0.4, -0.2) is 54.5 Å². The Kier molecular flexibility index (Phi) is 6.83. The van der Waals surface area contributed by atoms with Crippen LogP contribution in [0, 0.1) is 0 Å². The number of morpholine rings is 1. The maximum atomic E-state index is 12.9. The fourth-order valence-corrected chi connectivity index (χ4v) is 4.58. The van der Waals surface area contributed by atoms with Gasteiger partial charge in [0.1, 0.15) is 12.4 Å². The standard InChI is InChI=1S/C20H25N3O5S/c1-3-5-6-7-20(24)28-15-19-21-17-14-16(8-9-18(17)23(19)4-2)29(25,26)22-10-12-27-13-11-22/h3,5-9,14H,4,10-13,15H2,1-2H3/b5-3+,7-6+. The second-order valence-electron chi connectivity index (χ2n) is 6.43. The number of rotatable bonds is 7. The monoisotopic (exact) mass is 419 g/mol. The number of esters is 1. The van der Waals surface area contributed by atoms with Crippen LogP contribution in [0.5, 0.6) is 0 Å². The summed E-state index contributed by atoms with van der Waals surface area (Å²) < 4.78 is 39.6. The van der Waals surface area contributed by atoms with Gasteiger partial charge in [-0.15, -0.1) is 0 Å². The van der Waals surface area contributed by atoms with E-state index in [2.05, 4.69) is 4.98 Å². The van der Waals surface area contributed by atoms with Crippen molar-refractivity contribution in [1.29, 1.82) is 0 Å². The maximum Gasteiger partial charge on any atom is 0.331 e. The Hall–Kier alpha value is -2.49. The molecule has 2 heterocycles. The normalized spacial score (nSPS) is 16.2. The molecule has 0 saturated carbocycles. The molecule has 2 aromatic rings. The number of hydrogen-bond acceptors (Lipinski definition) is 6. The second-order valence-corrected chi connectivity index (χ2v) is 8.37. The van der Waals surface area contributed by atoms with Crippen LogP contribution in [0.3, 0.4) is 0 Å². The Morgan fingerprint density at radius 3 is 2.72 bits per heavy atom. The van der Waals surface area contributed by atoms with Crippen LogP contribution in [0.15, 0.2) is 47.4 Å². The number of imidazole rings is 1. The first-order chi connectivity index (χ1) is 14.0. The Morgan fingerprint density at radius 1 is 1.28 bits per heavy atom. The molecule has 29 heavy (non-hydrogen) atoms. The quantitative estimate of drug-likeness (QED) is 0.388. The van der Waals surface area contributed by atoms with Crippen LogP contribution >= 0.6 is 0 Å². The molecule has 0 amide bonds. The highest BCUT2D eigenvalue weighted by atomic mass is 32.2. The SMILES string of the molecule is C/C=C/C=C/C(=O)OCc1nc2cc(S(=O)(=O)N3CCOCC3)ccc2n1CC. The molecular formula is C20H25N3O5S. The number of ether oxygens (including phenoxy) is 2. The van der Waals surface area contributed by atoms with Crippen molar-refractivity contribution in [2.75, 3.05) is 26.3 Å². The molecular weight excluding hydrogens is 394 g/mol. The maximum absolute atomic E-state index is 12.9. The van der Waals surface area contributed by atoms with Gasteiger partial charge < -0.3 is 14.0 Å². The van der Waals surface area contributed by atoms with Gasteiger partial charge >= 0.3 is 5.97 Å². The van der Waals surface area contributed by atoms with Crippen molar-refractivity contribution in [2.45, 2.75) is 31.9 Å². The van der Waals surface area contributed by atoms with Crippen molar-refractivity contribution >= 4 is 27.0 Å². The van der Waals surface area contributed by atoms with E-state index in [0.717, 1.165) is 5.52 Å². The highest BCUT2D eigenvalue weighted by Crippen LogP contribution is 2.24. The molecule has 0 aliphatic carbocycles. The van der Waals surface area contributed by atoms with E-state index in [0.29, 0.717) is 44.2 Å². The van der Waals surface area contributed by atoms with Gasteiger partial charge in [0, 0.05) is 25.7 Å². The fraction of sp³-hybridized carbons (Fsp3) is 0.400. The van der Waals surface area contributed by atoms with Crippen molar-refractivity contribution in [2.24, 2.45) is 0 Å². The first-order valence-corrected chi connectivity index (χ1v) is 10.9. The first kappa shape index (κ1) is 21.2. The molecule has 8 nitrogen and oxygen atoms in total. The van der Waals surface area contributed by atoms with Gasteiger partial charge in [-0.2, -0.15) is 4.31 Å². The predicted molar refractivity (Wildman–Crippen MR) is 109 cm³/mol. The van der Waals surface area contributed by atoms with Gasteiger partial charge in [0.15, 0.2) is 0 Å². The minimum atomic E-state index is -3.60. The minimum Gasteiger partial charge on any atom is -0.454 e. The molecule has 1 aliphatic rings. The van der Waals surface area contributed by atoms with E-state index in [1.54, 1.807) is 30.4 Å². The van der Waals surface area contributed by atoms with Gasteiger partial charge in [0.05, 0.1) is 29.1 Å². The van der Waals surface area contributed by atoms with Crippen LogP contribution in [0.1, 0.15) is 19.7 Å². The van der Waals surface area contributed by atoms with Gasteiger partial charge in [0.25, 0.3) is 0 Å². The number of aryl methyl sites for hydroxylation is 1. The Balaban J connectivity index is 1.85. The third-order valence-electron chi connectivity index (χ3n) is 4.60. The molecule has 0 unspecified atom stereocenters. The predicted octanol–water partition coefficient (Wildman–Crippen LogP) is 2.25. The molecule has 0 atom stereocenters. The van der Waals surface area contributed by atoms with Gasteiger partial charge in [-0.25, -0.2) is 18.2 Å². The number of allylic oxidation sites excluding steroid dienone is 3. The summed E-state index contributed by atoms with van der Waals surface area (Å²) in [4.78, 5) is 16.5. The van der Waals surface area contributed by atoms with Crippen LogP contribution in [-0.2, 0) is 37.4 Å². The molecule has 0 spiro atoms. The van der Waals surface area contributed by atoms with Crippen LogP contribution in [0.4, 0.5) is 0 Å². The summed E-state index contributed by atoms with van der Waals surface area (Å²) in [7, 11) is -3.60. The van der Waals surface area contributed by atoms with E-state index in [9.17, 15) is 13.2 Å². The number of benzene rings is 1. The molecule has 0 radical (unpaired) electrons. The molecule has 1 aromatic carbocycles. The van der Waals surface area contributed by atoms with E-state index in [1.165, 1.54) is 10.4 Å². The van der Waals surface area contributed by atoms with Gasteiger partial charge in [-0.05, 0) is 32.0 Å². The molecule has 3 rings (SSSR count). The Bertz CT molecular complexity index is 1030. The lowest BCUT2D eigenvalue weighted by atomic mass is 10.3. The van der Waals surface area contributed by atoms with Crippen LogP contribution in [0.2, 0.25) is 0 Å². The molecule has 1 aliphatic heterocycles. The van der Waals surface area contributed by atoms with E-state index in [-0.39, 0.29) is 11.5 Å². The number of aromatic nitrogens is 2. The van der Waals surface area contributed by atoms with E-state index in [4.69, 9.17) is 9.47 Å². The molecule has 1 aromatic heterocycles. The summed E-state index contributed by atoms with van der Waals surface area (Å²) in [6, 6.07) is 4.91. The van der Waals surface area contributed by atoms with Crippen molar-refractivity contribution in [3.8, 4) is 0 Å². The lowest BCUT2D eigenvalue weighted by Crippen LogP contribution is -2.40. The van der Waals surface area contributed by atoms with Gasteiger partial charge in [0.2, 0.25) is 10.0 Å². The van der Waals surface area contributed by atoms with E-state index >= 15 is 0 Å². The van der Waals surface area contributed by atoms with E-state index in [1.807, 2.05) is 24.5 Å². The number of carbonyl (C=O) groups is 1. The molecule has 0 bridgehead atoms. The topological polar surface area (TPSA) is 90.7 Å². The largest absolute Gasteiger partial charge is 0.454 e. The number of hydrogen-bond donors (Lipinski definition) is 0. The molecule has 0 N–H and O–H groups in total. The van der Waals surface area contributed by atoms with Gasteiger partial charge in [-0.3, -0.25) is 0 Å². The average molecular weight is 420 g/mol. The highest BCUT2D eigenvalue weighted by Gasteiger charge is 2.27. The Labute approximate surface area is 170 Å². The van der Waals surface area contributed by atoms with Crippen molar-refractivity contribution in [3.63, 3.8) is 0 Å². The summed E-state index contributed by atoms with van der Waals surface area (Å²) in [5, 5.41) is 0. The third-order valence-corrected chi connectivity index (χ3v) is 6.50. The Morgan fingerprint density at radius 2 is 2.03 bits per heavy atom. The summed E-state index contributed by atoms with van der Waals surface area (Å²) >= 11 is 0. The smallest absolute Gasteiger partial charge is 0.331 e. The molecule has 9 heteroatoms. The number of nitrogens with zero attached hydrogens (tertiary/aromatic N) is 3. The molecule has 1 saturated heterocycles. The lowest BCUT2D eigenvalue weighted by molar-refractivity contribution is -0.139. The molecule has 1 fully saturated rings. The summed E-state index contributed by atoms with van der Waals surface area (Å²) in [6.45, 7) is 5.90. The van der Waals surface area contributed by atoms with E-state index < -0.39 is 16.0 Å². The van der Waals surface area contributed by atoms with Crippen LogP contribution in [0.25, 0.3) is 11.0 Å². The number of sulfonamides is 1. The minimum absolute atomic E-state index is 0.00702. The zero-order valence-electron chi connectivity index (χ0n) is 16.6. The van der Waals surface area contributed by atoms with Crippen molar-refractivity contribution < 1.29 is 22.7 Å². The molecule has 156 valence electrons. The highest BCUT2D eigenvalue weighted by molar-refractivity contribution is 7.89. The second kappa shape index (κ2) is 9.34. The number of fused-ring (bicyclic) bond motifs is 1. The summed E-state index contributed by atoms with van der Waals surface area (Å²) in [5.74, 6) is 0.101. The summed E-state index contributed by atoms with van der Waals surface area (Å²) in [5.41, 5.74) is 1.35. The van der Waals surface area contributed by atoms with Crippen molar-refractivity contribution in [1.82, 2.24) is 13.9 Å². The summed E-state index contributed by atoms with van der Waals surface area (Å²) in [6.07, 6.45) is 6.49. The third kappa shape index (κ3) is 4.75. The number of carbonyl (C=O) groups excluding carboxylic acids is 1. The van der Waals surface area contributed by atoms with Crippen LogP contribution < -0.4 is 0 Å². The zero-order valence-corrected chi connectivity index (χ0v) is 17.4. The van der Waals surface area contributed by atoms with Crippen molar-refractivity contribution in [3.05, 3.63) is 48.3 Å². The first-order valence-electron chi connectivity index (χ1n) is 9.50. The zero-order chi connectivity index (χ0) is 20.9. The van der Waals surface area contributed by atoms with Gasteiger partial charge in [-0.1, -0.05) is 18.2 Å². The average Bonchev–Trinajstić information content (AvgIpc) is 3.09. The lowest BCUT2D eigenvalue weighted by Gasteiger charge is -2.26. The fourth-order valence-electron chi connectivity index (χ4n) is 3.15.